The topological polar surface area (TPSA) is 55.1 Å². The van der Waals surface area contributed by atoms with Gasteiger partial charge in [-0.05, 0) is 24.3 Å². The molecule has 0 aliphatic heterocycles. The van der Waals surface area contributed by atoms with E-state index in [1.165, 1.54) is 5.56 Å². The summed E-state index contributed by atoms with van der Waals surface area (Å²) in [6.45, 7) is 0. The van der Waals surface area contributed by atoms with Crippen molar-refractivity contribution in [1.29, 1.82) is 0 Å². The number of aryl methyl sites for hydroxylation is 1. The minimum atomic E-state index is -0.709. The number of carboxylic acids is 1. The summed E-state index contributed by atoms with van der Waals surface area (Å²) in [6, 6.07) is 0. The fraction of sp³-hybridized carbons (Fsp3) is 0.556. The molecule has 1 aromatic heterocycles. The van der Waals surface area contributed by atoms with Crippen molar-refractivity contribution in [2.24, 2.45) is 13.0 Å². The molecular formula is C9H12N2O2. The van der Waals surface area contributed by atoms with Gasteiger partial charge in [0.15, 0.2) is 0 Å². The minimum Gasteiger partial charge on any atom is -0.481 e. The van der Waals surface area contributed by atoms with Crippen LogP contribution in [-0.4, -0.2) is 20.9 Å². The summed E-state index contributed by atoms with van der Waals surface area (Å²) in [5.74, 6) is -0.448. The van der Waals surface area contributed by atoms with Gasteiger partial charge in [0.2, 0.25) is 0 Å². The maximum Gasteiger partial charge on any atom is 0.303 e. The summed E-state index contributed by atoms with van der Waals surface area (Å²) in [6.07, 6.45) is 3.94. The van der Waals surface area contributed by atoms with Crippen molar-refractivity contribution in [3.05, 3.63) is 17.5 Å². The van der Waals surface area contributed by atoms with Crippen LogP contribution in [0.3, 0.4) is 0 Å². The predicted molar refractivity (Wildman–Crippen MR) is 46.4 cm³/mol. The van der Waals surface area contributed by atoms with E-state index < -0.39 is 5.97 Å². The Kier molecular flexibility index (Phi) is 1.83. The predicted octanol–water partition coefficient (Wildman–Crippen LogP) is 0.610. The quantitative estimate of drug-likeness (QED) is 0.725. The molecular weight excluding hydrogens is 168 g/mol. The van der Waals surface area contributed by atoms with E-state index in [9.17, 15) is 4.79 Å². The average Bonchev–Trinajstić information content (AvgIpc) is 2.41. The van der Waals surface area contributed by atoms with Gasteiger partial charge in [0.05, 0.1) is 5.69 Å². The maximum atomic E-state index is 10.5. The van der Waals surface area contributed by atoms with Crippen LogP contribution in [0.25, 0.3) is 0 Å². The van der Waals surface area contributed by atoms with Gasteiger partial charge in [0.25, 0.3) is 0 Å². The van der Waals surface area contributed by atoms with Crippen molar-refractivity contribution in [3.63, 3.8) is 0 Å². The highest BCUT2D eigenvalue weighted by molar-refractivity contribution is 5.67. The molecule has 13 heavy (non-hydrogen) atoms. The standard InChI is InChI=1S/C9H12N2O2/c1-11-5-7-2-6(4-9(12)13)3-8(7)10-11/h5-6H,2-4H2,1H3,(H,12,13). The SMILES string of the molecule is Cn1cc2c(n1)CC(CC(=O)O)C2. The Balaban J connectivity index is 2.06. The largest absolute Gasteiger partial charge is 0.481 e. The lowest BCUT2D eigenvalue weighted by Crippen LogP contribution is -2.08. The molecule has 4 heteroatoms. The molecule has 1 aliphatic carbocycles. The van der Waals surface area contributed by atoms with E-state index in [-0.39, 0.29) is 12.3 Å². The molecule has 70 valence electrons. The van der Waals surface area contributed by atoms with Crippen LogP contribution in [0.15, 0.2) is 6.20 Å². The monoisotopic (exact) mass is 180 g/mol. The van der Waals surface area contributed by atoms with Crippen LogP contribution in [0.5, 0.6) is 0 Å². The number of aliphatic carboxylic acids is 1. The van der Waals surface area contributed by atoms with Crippen molar-refractivity contribution < 1.29 is 9.90 Å². The van der Waals surface area contributed by atoms with Crippen molar-refractivity contribution in [1.82, 2.24) is 9.78 Å². The zero-order chi connectivity index (χ0) is 9.42. The van der Waals surface area contributed by atoms with Gasteiger partial charge in [-0.15, -0.1) is 0 Å². The summed E-state index contributed by atoms with van der Waals surface area (Å²) in [5.41, 5.74) is 2.29. The van der Waals surface area contributed by atoms with E-state index in [0.717, 1.165) is 18.5 Å². The van der Waals surface area contributed by atoms with Crippen molar-refractivity contribution >= 4 is 5.97 Å². The Labute approximate surface area is 76.2 Å². The van der Waals surface area contributed by atoms with Crippen molar-refractivity contribution in [3.8, 4) is 0 Å². The number of aromatic nitrogens is 2. The molecule has 1 atom stereocenters. The van der Waals surface area contributed by atoms with E-state index in [0.29, 0.717) is 0 Å². The lowest BCUT2D eigenvalue weighted by molar-refractivity contribution is -0.138. The maximum absolute atomic E-state index is 10.5. The molecule has 1 aromatic rings. The van der Waals surface area contributed by atoms with Crippen LogP contribution >= 0.6 is 0 Å². The van der Waals surface area contributed by atoms with E-state index >= 15 is 0 Å². The normalized spacial score (nSPS) is 20.2. The number of rotatable bonds is 2. The van der Waals surface area contributed by atoms with Crippen LogP contribution in [-0.2, 0) is 24.7 Å². The summed E-state index contributed by atoms with van der Waals surface area (Å²) < 4.78 is 1.79. The first-order chi connectivity index (χ1) is 6.15. The highest BCUT2D eigenvalue weighted by Crippen LogP contribution is 2.27. The Morgan fingerprint density at radius 2 is 2.54 bits per heavy atom. The molecule has 1 unspecified atom stereocenters. The second-order valence-corrected chi connectivity index (χ2v) is 3.65. The van der Waals surface area contributed by atoms with Gasteiger partial charge in [-0.1, -0.05) is 0 Å². The van der Waals surface area contributed by atoms with Gasteiger partial charge >= 0.3 is 5.97 Å². The number of nitrogens with zero attached hydrogens (tertiary/aromatic N) is 2. The van der Waals surface area contributed by atoms with E-state index in [1.807, 2.05) is 13.2 Å². The molecule has 1 heterocycles. The first-order valence-electron chi connectivity index (χ1n) is 4.38. The molecule has 0 fully saturated rings. The summed E-state index contributed by atoms with van der Waals surface area (Å²) in [5, 5.41) is 12.9. The molecule has 0 amide bonds. The third kappa shape index (κ3) is 1.56. The molecule has 4 nitrogen and oxygen atoms in total. The first kappa shape index (κ1) is 8.29. The zero-order valence-corrected chi connectivity index (χ0v) is 7.53. The molecule has 1 N–H and O–H groups in total. The smallest absolute Gasteiger partial charge is 0.303 e. The number of fused-ring (bicyclic) bond motifs is 1. The number of hydrogen-bond donors (Lipinski definition) is 1. The van der Waals surface area contributed by atoms with Crippen LogP contribution in [0, 0.1) is 5.92 Å². The minimum absolute atomic E-state index is 0.260. The van der Waals surface area contributed by atoms with Crippen LogP contribution in [0.2, 0.25) is 0 Å². The molecule has 0 radical (unpaired) electrons. The third-order valence-electron chi connectivity index (χ3n) is 2.45. The van der Waals surface area contributed by atoms with Crippen molar-refractivity contribution in [2.45, 2.75) is 19.3 Å². The van der Waals surface area contributed by atoms with E-state index in [1.54, 1.807) is 4.68 Å². The summed E-state index contributed by atoms with van der Waals surface area (Å²) in [4.78, 5) is 10.5. The number of hydrogen-bond acceptors (Lipinski definition) is 2. The Morgan fingerprint density at radius 1 is 1.77 bits per heavy atom. The Morgan fingerprint density at radius 3 is 3.15 bits per heavy atom. The first-order valence-corrected chi connectivity index (χ1v) is 4.38. The fourth-order valence-electron chi connectivity index (χ4n) is 1.97. The molecule has 0 bridgehead atoms. The van der Waals surface area contributed by atoms with Crippen molar-refractivity contribution in [2.75, 3.05) is 0 Å². The number of carbonyl (C=O) groups is 1. The summed E-state index contributed by atoms with van der Waals surface area (Å²) in [7, 11) is 1.89. The van der Waals surface area contributed by atoms with Crippen LogP contribution in [0.4, 0.5) is 0 Å². The van der Waals surface area contributed by atoms with E-state index in [2.05, 4.69) is 5.10 Å². The van der Waals surface area contributed by atoms with Gasteiger partial charge in [-0.2, -0.15) is 5.10 Å². The molecule has 1 aliphatic rings. The highest BCUT2D eigenvalue weighted by Gasteiger charge is 2.25. The third-order valence-corrected chi connectivity index (χ3v) is 2.45. The second-order valence-electron chi connectivity index (χ2n) is 3.65. The van der Waals surface area contributed by atoms with E-state index in [4.69, 9.17) is 5.11 Å². The second kappa shape index (κ2) is 2.87. The lowest BCUT2D eigenvalue weighted by atomic mass is 10.0. The van der Waals surface area contributed by atoms with Crippen LogP contribution in [0.1, 0.15) is 17.7 Å². The molecule has 0 aromatic carbocycles. The van der Waals surface area contributed by atoms with Crippen LogP contribution < -0.4 is 0 Å². The molecule has 0 spiro atoms. The highest BCUT2D eigenvalue weighted by atomic mass is 16.4. The Hall–Kier alpha value is -1.32. The van der Waals surface area contributed by atoms with Gasteiger partial charge < -0.3 is 5.11 Å². The summed E-state index contributed by atoms with van der Waals surface area (Å²) >= 11 is 0. The Bertz CT molecular complexity index is 320. The molecule has 2 rings (SSSR count). The average molecular weight is 180 g/mol. The van der Waals surface area contributed by atoms with Gasteiger partial charge in [0, 0.05) is 19.7 Å². The number of carboxylic acid groups (broad SMARTS) is 1. The molecule has 0 saturated carbocycles. The lowest BCUT2D eigenvalue weighted by Gasteiger charge is -2.03. The fourth-order valence-corrected chi connectivity index (χ4v) is 1.97. The zero-order valence-electron chi connectivity index (χ0n) is 7.53. The van der Waals surface area contributed by atoms with Gasteiger partial charge in [-0.25, -0.2) is 0 Å². The molecule has 0 saturated heterocycles. The van der Waals surface area contributed by atoms with Gasteiger partial charge in [0.1, 0.15) is 0 Å². The van der Waals surface area contributed by atoms with Gasteiger partial charge in [-0.3, -0.25) is 9.48 Å².